The van der Waals surface area contributed by atoms with Gasteiger partial charge in [0.15, 0.2) is 0 Å². The van der Waals surface area contributed by atoms with Crippen molar-refractivity contribution in [3.8, 4) is 0 Å². The van der Waals surface area contributed by atoms with Crippen molar-refractivity contribution in [1.29, 1.82) is 0 Å². The molecule has 8 nitrogen and oxygen atoms in total. The molecular weight excluding hydrogens is 554 g/mol. The number of rotatable bonds is 25. The van der Waals surface area contributed by atoms with E-state index in [1.165, 1.54) is 95.8 Å². The summed E-state index contributed by atoms with van der Waals surface area (Å²) >= 11 is 0. The molecule has 0 N–H and O–H groups in total. The molecule has 0 saturated heterocycles. The Hall–Kier alpha value is -2.74. The van der Waals surface area contributed by atoms with E-state index in [0.717, 1.165) is 41.8 Å². The fraction of sp³-hybridized carbons (Fsp3) is 0.722. The maximum absolute atomic E-state index is 12.8. The lowest BCUT2D eigenvalue weighted by Crippen LogP contribution is -2.37. The van der Waals surface area contributed by atoms with Gasteiger partial charge in [0, 0.05) is 20.4 Å². The molecule has 4 amide bonds. The van der Waals surface area contributed by atoms with Crippen LogP contribution in [0.5, 0.6) is 0 Å². The highest BCUT2D eigenvalue weighted by Crippen LogP contribution is 2.30. The average molecular weight is 616 g/mol. The molecule has 0 aliphatic rings. The van der Waals surface area contributed by atoms with E-state index in [2.05, 4.69) is 6.92 Å². The van der Waals surface area contributed by atoms with Crippen LogP contribution < -0.4 is 0 Å². The molecule has 0 aromatic heterocycles. The molecule has 1 aromatic rings. The van der Waals surface area contributed by atoms with E-state index in [0.29, 0.717) is 19.3 Å². The Morgan fingerprint density at radius 3 is 1.73 bits per heavy atom. The quantitative estimate of drug-likeness (QED) is 0.0810. The van der Waals surface area contributed by atoms with Gasteiger partial charge in [-0.25, -0.2) is 9.69 Å². The molecular formula is C36H61N3O5. The molecule has 0 radical (unpaired) electrons. The molecule has 44 heavy (non-hydrogen) atoms. The monoisotopic (exact) mass is 615 g/mol. The molecule has 1 unspecified atom stereocenters. The van der Waals surface area contributed by atoms with Crippen LogP contribution in [-0.4, -0.2) is 66.2 Å². The third-order valence-electron chi connectivity index (χ3n) is 8.25. The fourth-order valence-electron chi connectivity index (χ4n) is 5.65. The van der Waals surface area contributed by atoms with Crippen LogP contribution in [0.4, 0.5) is 4.79 Å². The van der Waals surface area contributed by atoms with E-state index >= 15 is 0 Å². The summed E-state index contributed by atoms with van der Waals surface area (Å²) in [6.07, 6.45) is 20.3. The van der Waals surface area contributed by atoms with Gasteiger partial charge >= 0.3 is 6.09 Å². The van der Waals surface area contributed by atoms with E-state index in [4.69, 9.17) is 4.74 Å². The number of amides is 4. The first-order valence-corrected chi connectivity index (χ1v) is 17.1. The highest BCUT2D eigenvalue weighted by molar-refractivity contribution is 5.90. The number of unbranched alkanes of at least 4 members (excludes halogenated alkanes) is 14. The lowest BCUT2D eigenvalue weighted by atomic mass is 9.94. The molecule has 0 aliphatic heterocycles. The summed E-state index contributed by atoms with van der Waals surface area (Å²) in [5.41, 5.74) is 1.51. The Labute approximate surface area is 267 Å². The van der Waals surface area contributed by atoms with Gasteiger partial charge in [-0.05, 0) is 44.6 Å². The van der Waals surface area contributed by atoms with Gasteiger partial charge in [-0.15, -0.1) is 0 Å². The normalized spacial score (nSPS) is 11.8. The highest BCUT2D eigenvalue weighted by atomic mass is 16.6. The van der Waals surface area contributed by atoms with E-state index in [1.54, 1.807) is 0 Å². The Bertz CT molecular complexity index is 951. The summed E-state index contributed by atoms with van der Waals surface area (Å²) in [4.78, 5) is 53.6. The second-order valence-corrected chi connectivity index (χ2v) is 12.4. The zero-order valence-corrected chi connectivity index (χ0v) is 28.5. The highest BCUT2D eigenvalue weighted by Gasteiger charge is 2.25. The van der Waals surface area contributed by atoms with Crippen molar-refractivity contribution in [2.75, 3.05) is 27.2 Å². The van der Waals surface area contributed by atoms with E-state index in [1.807, 2.05) is 43.3 Å². The Kier molecular flexibility index (Phi) is 21.9. The van der Waals surface area contributed by atoms with Crippen LogP contribution in [0.15, 0.2) is 24.3 Å². The van der Waals surface area contributed by atoms with Crippen LogP contribution in [0.25, 0.3) is 0 Å². The summed E-state index contributed by atoms with van der Waals surface area (Å²) in [5, 5.41) is 0. The average Bonchev–Trinajstić information content (AvgIpc) is 2.99. The first kappa shape index (κ1) is 39.3. The molecule has 1 aromatic carbocycles. The maximum atomic E-state index is 12.8. The first-order valence-electron chi connectivity index (χ1n) is 17.1. The molecule has 0 spiro atoms. The summed E-state index contributed by atoms with van der Waals surface area (Å²) in [6, 6.07) is 7.00. The Morgan fingerprint density at radius 2 is 1.25 bits per heavy atom. The van der Waals surface area contributed by atoms with Gasteiger partial charge in [-0.1, -0.05) is 128 Å². The largest absolute Gasteiger partial charge is 0.444 e. The number of carbonyl (C=O) groups is 4. The van der Waals surface area contributed by atoms with Gasteiger partial charge in [0.2, 0.25) is 18.2 Å². The van der Waals surface area contributed by atoms with Crippen molar-refractivity contribution in [1.82, 2.24) is 14.7 Å². The molecule has 0 saturated carbocycles. The molecule has 0 fully saturated rings. The second kappa shape index (κ2) is 24.6. The minimum atomic E-state index is -0.691. The fourth-order valence-corrected chi connectivity index (χ4v) is 5.65. The molecule has 1 rings (SSSR count). The molecule has 0 aliphatic carbocycles. The second-order valence-electron chi connectivity index (χ2n) is 12.4. The van der Waals surface area contributed by atoms with Crippen LogP contribution in [0.3, 0.4) is 0 Å². The zero-order valence-electron chi connectivity index (χ0n) is 28.5. The number of carbonyl (C=O) groups excluding carboxylic acids is 4. The number of nitrogens with zero attached hydrogens (tertiary/aromatic N) is 3. The van der Waals surface area contributed by atoms with Crippen molar-refractivity contribution >= 4 is 24.3 Å². The van der Waals surface area contributed by atoms with Gasteiger partial charge < -0.3 is 9.64 Å². The van der Waals surface area contributed by atoms with E-state index in [9.17, 15) is 19.2 Å². The Balaban J connectivity index is 2.60. The van der Waals surface area contributed by atoms with Crippen LogP contribution >= 0.6 is 0 Å². The standard InChI is InChI=1S/C36H61N3O5/c1-6-7-8-9-10-11-12-13-14-15-16-17-18-19-20-26-35(39(30-40)32(3)42)34-25-22-21-24-33(34)29-44-36(43)38(31(2)41)28-23-27-37(4)5/h21-22,24-25,30,35H,6-20,23,26-29H2,1-5H3. The van der Waals surface area contributed by atoms with Crippen molar-refractivity contribution in [3.63, 3.8) is 0 Å². The molecule has 1 atom stereocenters. The van der Waals surface area contributed by atoms with Crippen LogP contribution in [0.1, 0.15) is 147 Å². The topological polar surface area (TPSA) is 87.2 Å². The van der Waals surface area contributed by atoms with E-state index in [-0.39, 0.29) is 25.0 Å². The molecule has 8 heteroatoms. The third-order valence-corrected chi connectivity index (χ3v) is 8.25. The number of ether oxygens (including phenoxy) is 1. The number of benzene rings is 1. The summed E-state index contributed by atoms with van der Waals surface area (Å²) in [7, 11) is 3.87. The van der Waals surface area contributed by atoms with Crippen LogP contribution in [0, 0.1) is 0 Å². The van der Waals surface area contributed by atoms with Crippen LogP contribution in [-0.2, 0) is 25.7 Å². The van der Waals surface area contributed by atoms with E-state index < -0.39 is 12.1 Å². The lowest BCUT2D eigenvalue weighted by Gasteiger charge is -2.28. The minimum absolute atomic E-state index is 0.0492. The van der Waals surface area contributed by atoms with Gasteiger partial charge in [0.05, 0.1) is 6.04 Å². The van der Waals surface area contributed by atoms with Gasteiger partial charge in [0.25, 0.3) is 0 Å². The van der Waals surface area contributed by atoms with Crippen molar-refractivity contribution in [2.45, 2.75) is 143 Å². The number of hydrogen-bond acceptors (Lipinski definition) is 6. The minimum Gasteiger partial charge on any atom is -0.444 e. The van der Waals surface area contributed by atoms with Gasteiger partial charge in [-0.3, -0.25) is 19.3 Å². The molecule has 250 valence electrons. The van der Waals surface area contributed by atoms with Gasteiger partial charge in [0.1, 0.15) is 6.61 Å². The molecule has 0 heterocycles. The predicted molar refractivity (Wildman–Crippen MR) is 178 cm³/mol. The summed E-state index contributed by atoms with van der Waals surface area (Å²) in [5.74, 6) is -0.682. The molecule has 0 bridgehead atoms. The maximum Gasteiger partial charge on any atom is 0.416 e. The van der Waals surface area contributed by atoms with Gasteiger partial charge in [-0.2, -0.15) is 0 Å². The number of hydrogen-bond donors (Lipinski definition) is 0. The zero-order chi connectivity index (χ0) is 32.6. The SMILES string of the molecule is CCCCCCCCCCCCCCCCCC(c1ccccc1COC(=O)N(CCCN(C)C)C(C)=O)N(C=O)C(C)=O. The summed E-state index contributed by atoms with van der Waals surface area (Å²) < 4.78 is 5.57. The van der Waals surface area contributed by atoms with Crippen molar-refractivity contribution in [3.05, 3.63) is 35.4 Å². The number of imide groups is 2. The van der Waals surface area contributed by atoms with Crippen molar-refractivity contribution in [2.24, 2.45) is 0 Å². The van der Waals surface area contributed by atoms with Crippen LogP contribution in [0.2, 0.25) is 0 Å². The third kappa shape index (κ3) is 16.9. The lowest BCUT2D eigenvalue weighted by molar-refractivity contribution is -0.139. The first-order chi connectivity index (χ1) is 21.2. The summed E-state index contributed by atoms with van der Waals surface area (Å²) in [6.45, 7) is 5.98. The predicted octanol–water partition coefficient (Wildman–Crippen LogP) is 8.43. The Morgan fingerprint density at radius 1 is 0.727 bits per heavy atom. The van der Waals surface area contributed by atoms with Crippen molar-refractivity contribution < 1.29 is 23.9 Å². The smallest absolute Gasteiger partial charge is 0.416 e.